The highest BCUT2D eigenvalue weighted by atomic mass is 79.9. The van der Waals surface area contributed by atoms with Crippen molar-refractivity contribution >= 4 is 15.9 Å². The predicted octanol–water partition coefficient (Wildman–Crippen LogP) is 2.96. The minimum atomic E-state index is 0.356. The van der Waals surface area contributed by atoms with Crippen molar-refractivity contribution in [3.8, 4) is 11.8 Å². The van der Waals surface area contributed by atoms with E-state index < -0.39 is 0 Å². The molecule has 0 aliphatic carbocycles. The van der Waals surface area contributed by atoms with Gasteiger partial charge in [-0.1, -0.05) is 35.2 Å². The largest absolute Gasteiger partial charge is 0.102 e. The Bertz CT molecular complexity index is 105. The quantitative estimate of drug-likeness (QED) is 0.356. The molecule has 0 aliphatic heterocycles. The van der Waals surface area contributed by atoms with Crippen molar-refractivity contribution in [3.05, 3.63) is 0 Å². The molecule has 0 spiro atoms. The Morgan fingerprint density at radius 1 is 1.56 bits per heavy atom. The molecule has 0 aliphatic rings. The lowest BCUT2D eigenvalue weighted by Crippen LogP contribution is -1.80. The molecule has 0 saturated heterocycles. The highest BCUT2D eigenvalue weighted by molar-refractivity contribution is 9.09. The van der Waals surface area contributed by atoms with E-state index in [0.717, 1.165) is 6.42 Å². The lowest BCUT2D eigenvalue weighted by atomic mass is 10.2. The molecule has 0 aromatic heterocycles. The van der Waals surface area contributed by atoms with Gasteiger partial charge < -0.3 is 0 Å². The Labute approximate surface area is 66.2 Å². The lowest BCUT2D eigenvalue weighted by molar-refractivity contribution is 0.827. The zero-order chi connectivity index (χ0) is 7.11. The summed E-state index contributed by atoms with van der Waals surface area (Å²) in [5, 5.41) is 0. The number of hydrogen-bond acceptors (Lipinski definition) is 0. The van der Waals surface area contributed by atoms with Crippen molar-refractivity contribution in [3.63, 3.8) is 0 Å². The minimum Gasteiger partial charge on any atom is -0.102 e. The van der Waals surface area contributed by atoms with Gasteiger partial charge in [-0.05, 0) is 13.3 Å². The first kappa shape index (κ1) is 9.04. The van der Waals surface area contributed by atoms with Crippen LogP contribution in [0.15, 0.2) is 0 Å². The van der Waals surface area contributed by atoms with Gasteiger partial charge in [-0.3, -0.25) is 0 Å². The molecule has 0 rings (SSSR count). The summed E-state index contributed by atoms with van der Waals surface area (Å²) in [6.45, 7) is 4.22. The van der Waals surface area contributed by atoms with E-state index in [9.17, 15) is 0 Å². The zero-order valence-corrected chi connectivity index (χ0v) is 7.66. The Morgan fingerprint density at radius 2 is 2.22 bits per heavy atom. The Morgan fingerprint density at radius 3 is 2.67 bits per heavy atom. The van der Waals surface area contributed by atoms with Gasteiger partial charge in [0.05, 0.1) is 4.83 Å². The molecule has 1 unspecified atom stereocenters. The zero-order valence-electron chi connectivity index (χ0n) is 6.08. The van der Waals surface area contributed by atoms with Gasteiger partial charge in [0, 0.05) is 6.42 Å². The molecule has 0 bridgehead atoms. The monoisotopic (exact) mass is 188 g/mol. The summed E-state index contributed by atoms with van der Waals surface area (Å²) in [5.41, 5.74) is 0. The van der Waals surface area contributed by atoms with Crippen molar-refractivity contribution in [2.75, 3.05) is 0 Å². The molecule has 0 radical (unpaired) electrons. The minimum absolute atomic E-state index is 0.356. The third-order valence-corrected chi connectivity index (χ3v) is 1.19. The van der Waals surface area contributed by atoms with Crippen LogP contribution in [0.25, 0.3) is 0 Å². The second kappa shape index (κ2) is 6.16. The van der Waals surface area contributed by atoms with E-state index in [-0.39, 0.29) is 0 Å². The molecule has 0 nitrogen and oxygen atoms in total. The van der Waals surface area contributed by atoms with Crippen LogP contribution in [0.3, 0.4) is 0 Å². The molecule has 0 heterocycles. The van der Waals surface area contributed by atoms with Gasteiger partial charge in [0.2, 0.25) is 0 Å². The average Bonchev–Trinajstić information content (AvgIpc) is 1.80. The molecule has 52 valence electrons. The fourth-order valence-corrected chi connectivity index (χ4v) is 0.640. The summed E-state index contributed by atoms with van der Waals surface area (Å²) >= 11 is 3.35. The number of halogens is 1. The van der Waals surface area contributed by atoms with Gasteiger partial charge in [0.25, 0.3) is 0 Å². The summed E-state index contributed by atoms with van der Waals surface area (Å²) in [6, 6.07) is 0. The molecule has 0 N–H and O–H groups in total. The normalized spacial score (nSPS) is 11.9. The van der Waals surface area contributed by atoms with Crippen LogP contribution in [-0.4, -0.2) is 4.83 Å². The van der Waals surface area contributed by atoms with Crippen LogP contribution in [0.1, 0.15) is 33.1 Å². The van der Waals surface area contributed by atoms with Gasteiger partial charge in [0.15, 0.2) is 0 Å². The van der Waals surface area contributed by atoms with E-state index in [0.29, 0.717) is 4.83 Å². The molecule has 1 atom stereocenters. The summed E-state index contributed by atoms with van der Waals surface area (Å²) in [6.07, 6.45) is 3.52. The molecular formula is C8H13Br. The van der Waals surface area contributed by atoms with Crippen LogP contribution in [0.4, 0.5) is 0 Å². The fraction of sp³-hybridized carbons (Fsp3) is 0.750. The van der Waals surface area contributed by atoms with E-state index in [2.05, 4.69) is 34.7 Å². The van der Waals surface area contributed by atoms with E-state index in [1.54, 1.807) is 0 Å². The first-order valence-electron chi connectivity index (χ1n) is 3.39. The number of hydrogen-bond donors (Lipinski definition) is 0. The predicted molar refractivity (Wildman–Crippen MR) is 45.7 cm³/mol. The van der Waals surface area contributed by atoms with Crippen LogP contribution in [0, 0.1) is 11.8 Å². The number of unbranched alkanes of at least 4 members (excludes halogenated alkanes) is 2. The summed E-state index contributed by atoms with van der Waals surface area (Å²) in [7, 11) is 0. The van der Waals surface area contributed by atoms with Crippen LogP contribution in [-0.2, 0) is 0 Å². The Kier molecular flexibility index (Phi) is 6.19. The lowest BCUT2D eigenvalue weighted by Gasteiger charge is -1.86. The molecular weight excluding hydrogens is 176 g/mol. The molecule has 0 saturated carbocycles. The van der Waals surface area contributed by atoms with Crippen molar-refractivity contribution in [2.24, 2.45) is 0 Å². The molecule has 0 fully saturated rings. The smallest absolute Gasteiger partial charge is 0.0726 e. The Balaban J connectivity index is 3.16. The molecule has 9 heavy (non-hydrogen) atoms. The second-order valence-electron chi connectivity index (χ2n) is 2.04. The molecule has 0 aromatic rings. The maximum absolute atomic E-state index is 3.35. The maximum Gasteiger partial charge on any atom is 0.0726 e. The SMILES string of the molecule is CCCCC#CC(C)Br. The van der Waals surface area contributed by atoms with Gasteiger partial charge in [-0.15, -0.1) is 5.92 Å². The topological polar surface area (TPSA) is 0 Å². The first-order chi connectivity index (χ1) is 4.27. The molecule has 1 heteroatoms. The van der Waals surface area contributed by atoms with Crippen LogP contribution in [0.5, 0.6) is 0 Å². The van der Waals surface area contributed by atoms with Gasteiger partial charge in [-0.25, -0.2) is 0 Å². The van der Waals surface area contributed by atoms with Crippen molar-refractivity contribution < 1.29 is 0 Å². The number of alkyl halides is 1. The summed E-state index contributed by atoms with van der Waals surface area (Å²) in [4.78, 5) is 0.356. The standard InChI is InChI=1S/C8H13Br/c1-3-4-5-6-7-8(2)9/h8H,3-5H2,1-2H3. The van der Waals surface area contributed by atoms with Crippen LogP contribution in [0.2, 0.25) is 0 Å². The van der Waals surface area contributed by atoms with E-state index >= 15 is 0 Å². The average molecular weight is 189 g/mol. The van der Waals surface area contributed by atoms with Crippen molar-refractivity contribution in [1.82, 2.24) is 0 Å². The van der Waals surface area contributed by atoms with Gasteiger partial charge >= 0.3 is 0 Å². The highest BCUT2D eigenvalue weighted by Gasteiger charge is 1.82. The third-order valence-electron chi connectivity index (χ3n) is 0.956. The van der Waals surface area contributed by atoms with E-state index in [1.165, 1.54) is 12.8 Å². The van der Waals surface area contributed by atoms with Crippen molar-refractivity contribution in [2.45, 2.75) is 37.9 Å². The van der Waals surface area contributed by atoms with E-state index in [1.807, 2.05) is 6.92 Å². The summed E-state index contributed by atoms with van der Waals surface area (Å²) in [5.74, 6) is 6.14. The second-order valence-corrected chi connectivity index (χ2v) is 3.41. The van der Waals surface area contributed by atoms with Crippen LogP contribution >= 0.6 is 15.9 Å². The fourth-order valence-electron chi connectivity index (χ4n) is 0.478. The maximum atomic E-state index is 3.35. The molecule has 0 aromatic carbocycles. The van der Waals surface area contributed by atoms with E-state index in [4.69, 9.17) is 0 Å². The van der Waals surface area contributed by atoms with Crippen LogP contribution < -0.4 is 0 Å². The highest BCUT2D eigenvalue weighted by Crippen LogP contribution is 1.95. The first-order valence-corrected chi connectivity index (χ1v) is 4.31. The number of rotatable bonds is 2. The third kappa shape index (κ3) is 8.04. The molecule has 0 amide bonds. The van der Waals surface area contributed by atoms with Gasteiger partial charge in [0.1, 0.15) is 0 Å². The van der Waals surface area contributed by atoms with Crippen molar-refractivity contribution in [1.29, 1.82) is 0 Å². The summed E-state index contributed by atoms with van der Waals surface area (Å²) < 4.78 is 0. The van der Waals surface area contributed by atoms with Gasteiger partial charge in [-0.2, -0.15) is 0 Å². The Hall–Kier alpha value is 0.0400.